The molecule has 0 saturated carbocycles. The van der Waals surface area contributed by atoms with E-state index in [-0.39, 0.29) is 5.82 Å². The molecule has 0 aliphatic carbocycles. The van der Waals surface area contributed by atoms with Gasteiger partial charge in [-0.25, -0.2) is 9.37 Å². The lowest BCUT2D eigenvalue weighted by Gasteiger charge is -2.26. The Morgan fingerprint density at radius 3 is 2.64 bits per heavy atom. The number of nitrogens with zero attached hydrogens (tertiary/aromatic N) is 4. The molecule has 182 valence electrons. The van der Waals surface area contributed by atoms with Gasteiger partial charge in [-0.05, 0) is 78.7 Å². The molecule has 0 aliphatic heterocycles. The smallest absolute Gasteiger partial charge is 0.173 e. The van der Waals surface area contributed by atoms with Crippen LogP contribution in [0, 0.1) is 17.1 Å². The van der Waals surface area contributed by atoms with Gasteiger partial charge in [0.15, 0.2) is 5.11 Å². The fourth-order valence-corrected chi connectivity index (χ4v) is 4.39. The van der Waals surface area contributed by atoms with E-state index < -0.39 is 0 Å². The minimum atomic E-state index is -0.320. The van der Waals surface area contributed by atoms with Crippen molar-refractivity contribution >= 4 is 34.6 Å². The Kier molecular flexibility index (Phi) is 8.66. The third-order valence-electron chi connectivity index (χ3n) is 5.72. The molecule has 0 saturated heterocycles. The van der Waals surface area contributed by atoms with E-state index in [2.05, 4.69) is 25.8 Å². The fraction of sp³-hybridized carbons (Fsp3) is 0.179. The van der Waals surface area contributed by atoms with Crippen molar-refractivity contribution in [3.8, 4) is 6.07 Å². The number of aromatic nitrogens is 2. The lowest BCUT2D eigenvalue weighted by molar-refractivity contribution is 0.408. The monoisotopic (exact) mass is 517 g/mol. The lowest BCUT2D eigenvalue weighted by Crippen LogP contribution is -2.35. The second kappa shape index (κ2) is 12.3. The predicted octanol–water partition coefficient (Wildman–Crippen LogP) is 6.43. The summed E-state index contributed by atoms with van der Waals surface area (Å²) in [5.74, 6) is -0.320. The molecule has 36 heavy (non-hydrogen) atoms. The van der Waals surface area contributed by atoms with Crippen molar-refractivity contribution in [2.75, 3.05) is 11.9 Å². The highest BCUT2D eigenvalue weighted by Gasteiger charge is 2.13. The second-order valence-corrected chi connectivity index (χ2v) is 9.24. The summed E-state index contributed by atoms with van der Waals surface area (Å²) < 4.78 is 15.8. The van der Waals surface area contributed by atoms with Gasteiger partial charge >= 0.3 is 0 Å². The number of nitriles is 1. The standard InChI is InChI=1S/C28H25ClFN5S/c29-24-5-1-4-23(14-24)19-34(28(36)33-26-7-2-6-25(30)15-26)13-3-8-27-17-32-20-35(27)18-22-11-9-21(16-31)10-12-22/h1-2,4-7,9-12,14-15,17,20H,3,8,13,18-19H2,(H,33,36). The molecular weight excluding hydrogens is 493 g/mol. The van der Waals surface area contributed by atoms with Gasteiger partial charge in [-0.3, -0.25) is 0 Å². The third kappa shape index (κ3) is 7.14. The highest BCUT2D eigenvalue weighted by atomic mass is 35.5. The molecule has 0 fully saturated rings. The van der Waals surface area contributed by atoms with Gasteiger partial charge in [0.2, 0.25) is 0 Å². The summed E-state index contributed by atoms with van der Waals surface area (Å²) in [6, 6.07) is 23.7. The average molecular weight is 518 g/mol. The van der Waals surface area contributed by atoms with Crippen LogP contribution in [0.2, 0.25) is 5.02 Å². The van der Waals surface area contributed by atoms with Gasteiger partial charge in [-0.15, -0.1) is 0 Å². The van der Waals surface area contributed by atoms with Gasteiger partial charge in [0, 0.05) is 42.2 Å². The molecule has 1 aromatic heterocycles. The maximum Gasteiger partial charge on any atom is 0.173 e. The maximum atomic E-state index is 13.7. The zero-order valence-corrected chi connectivity index (χ0v) is 21.1. The van der Waals surface area contributed by atoms with Crippen LogP contribution in [0.5, 0.6) is 0 Å². The Hall–Kier alpha value is -3.73. The number of thiocarbonyl (C=S) groups is 1. The number of rotatable bonds is 9. The molecule has 3 aromatic carbocycles. The molecule has 0 atom stereocenters. The molecule has 0 unspecified atom stereocenters. The normalized spacial score (nSPS) is 10.6. The van der Waals surface area contributed by atoms with E-state index in [9.17, 15) is 4.39 Å². The van der Waals surface area contributed by atoms with Crippen LogP contribution in [0.3, 0.4) is 0 Å². The van der Waals surface area contributed by atoms with Gasteiger partial charge in [0.05, 0.1) is 18.0 Å². The number of hydrogen-bond acceptors (Lipinski definition) is 3. The zero-order valence-electron chi connectivity index (χ0n) is 19.6. The Morgan fingerprint density at radius 2 is 1.89 bits per heavy atom. The lowest BCUT2D eigenvalue weighted by atomic mass is 10.1. The van der Waals surface area contributed by atoms with E-state index in [1.165, 1.54) is 12.1 Å². The Labute approximate surface area is 220 Å². The minimum Gasteiger partial charge on any atom is -0.345 e. The van der Waals surface area contributed by atoms with Gasteiger partial charge < -0.3 is 14.8 Å². The van der Waals surface area contributed by atoms with Crippen molar-refractivity contribution in [3.05, 3.63) is 119 Å². The van der Waals surface area contributed by atoms with E-state index in [4.69, 9.17) is 29.1 Å². The fourth-order valence-electron chi connectivity index (χ4n) is 3.91. The highest BCUT2D eigenvalue weighted by Crippen LogP contribution is 2.17. The average Bonchev–Trinajstić information content (AvgIpc) is 3.30. The molecular formula is C28H25ClFN5S. The van der Waals surface area contributed by atoms with Crippen LogP contribution in [0.25, 0.3) is 0 Å². The number of benzene rings is 3. The van der Waals surface area contributed by atoms with Gasteiger partial charge in [-0.2, -0.15) is 5.26 Å². The first-order chi connectivity index (χ1) is 17.5. The summed E-state index contributed by atoms with van der Waals surface area (Å²) in [4.78, 5) is 6.40. The van der Waals surface area contributed by atoms with E-state index in [1.54, 1.807) is 12.1 Å². The summed E-state index contributed by atoms with van der Waals surface area (Å²) in [5.41, 5.74) is 4.52. The van der Waals surface area contributed by atoms with Gasteiger partial charge in [0.1, 0.15) is 5.82 Å². The third-order valence-corrected chi connectivity index (χ3v) is 6.32. The molecule has 4 aromatic rings. The van der Waals surface area contributed by atoms with Crippen molar-refractivity contribution in [1.29, 1.82) is 5.26 Å². The number of imidazole rings is 1. The molecule has 0 radical (unpaired) electrons. The predicted molar refractivity (Wildman–Crippen MR) is 145 cm³/mol. The van der Waals surface area contributed by atoms with E-state index in [0.29, 0.717) is 41.0 Å². The molecule has 1 heterocycles. The summed E-state index contributed by atoms with van der Waals surface area (Å²) in [7, 11) is 0. The van der Waals surface area contributed by atoms with Crippen LogP contribution in [0.15, 0.2) is 85.3 Å². The van der Waals surface area contributed by atoms with Crippen LogP contribution < -0.4 is 5.32 Å². The topological polar surface area (TPSA) is 56.9 Å². The largest absolute Gasteiger partial charge is 0.345 e. The first kappa shape index (κ1) is 25.4. The summed E-state index contributed by atoms with van der Waals surface area (Å²) >= 11 is 11.9. The number of nitrogens with one attached hydrogen (secondary N) is 1. The number of hydrogen-bond donors (Lipinski definition) is 1. The maximum absolute atomic E-state index is 13.7. The van der Waals surface area contributed by atoms with Crippen molar-refractivity contribution in [2.45, 2.75) is 25.9 Å². The summed E-state index contributed by atoms with van der Waals surface area (Å²) in [6.07, 6.45) is 5.36. The summed E-state index contributed by atoms with van der Waals surface area (Å²) in [6.45, 7) is 1.95. The number of halogens is 2. The van der Waals surface area contributed by atoms with Crippen molar-refractivity contribution < 1.29 is 4.39 Å². The van der Waals surface area contributed by atoms with Crippen LogP contribution in [-0.2, 0) is 19.5 Å². The molecule has 0 amide bonds. The van der Waals surface area contributed by atoms with E-state index in [0.717, 1.165) is 29.7 Å². The van der Waals surface area contributed by atoms with Gasteiger partial charge in [0.25, 0.3) is 0 Å². The van der Waals surface area contributed by atoms with E-state index in [1.807, 2.05) is 61.1 Å². The molecule has 0 spiro atoms. The molecule has 5 nitrogen and oxygen atoms in total. The number of anilines is 1. The Bertz CT molecular complexity index is 1360. The Morgan fingerprint density at radius 1 is 1.08 bits per heavy atom. The first-order valence-electron chi connectivity index (χ1n) is 11.5. The SMILES string of the molecule is N#Cc1ccc(Cn2cncc2CCCN(Cc2cccc(Cl)c2)C(=S)Nc2cccc(F)c2)cc1. The Balaban J connectivity index is 1.42. The van der Waals surface area contributed by atoms with Gasteiger partial charge in [-0.1, -0.05) is 41.9 Å². The quantitative estimate of drug-likeness (QED) is 0.259. The zero-order chi connectivity index (χ0) is 25.3. The van der Waals surface area contributed by atoms with Crippen molar-refractivity contribution in [2.24, 2.45) is 0 Å². The molecule has 8 heteroatoms. The van der Waals surface area contributed by atoms with Crippen LogP contribution in [-0.4, -0.2) is 26.1 Å². The molecule has 0 aliphatic rings. The van der Waals surface area contributed by atoms with Crippen LogP contribution in [0.1, 0.15) is 28.8 Å². The van der Waals surface area contributed by atoms with Crippen LogP contribution >= 0.6 is 23.8 Å². The summed E-state index contributed by atoms with van der Waals surface area (Å²) in [5, 5.41) is 13.4. The molecule has 4 rings (SSSR count). The molecule has 0 bridgehead atoms. The van der Waals surface area contributed by atoms with E-state index >= 15 is 0 Å². The second-order valence-electron chi connectivity index (χ2n) is 8.42. The van der Waals surface area contributed by atoms with Crippen molar-refractivity contribution in [3.63, 3.8) is 0 Å². The first-order valence-corrected chi connectivity index (χ1v) is 12.3. The highest BCUT2D eigenvalue weighted by molar-refractivity contribution is 7.80. The molecule has 1 N–H and O–H groups in total. The van der Waals surface area contributed by atoms with Crippen molar-refractivity contribution in [1.82, 2.24) is 14.5 Å². The van der Waals surface area contributed by atoms with Crippen LogP contribution in [0.4, 0.5) is 10.1 Å². The number of aryl methyl sites for hydroxylation is 1. The minimum absolute atomic E-state index is 0.320.